The lowest BCUT2D eigenvalue weighted by atomic mass is 10.0. The number of esters is 1. The van der Waals surface area contributed by atoms with E-state index in [1.165, 1.54) is 161 Å². The molecule has 0 bridgehead atoms. The highest BCUT2D eigenvalue weighted by molar-refractivity contribution is 5.77. The van der Waals surface area contributed by atoms with Gasteiger partial charge in [0, 0.05) is 6.42 Å². The summed E-state index contributed by atoms with van der Waals surface area (Å²) >= 11 is 0. The lowest BCUT2D eigenvalue weighted by molar-refractivity contribution is -0.151. The molecule has 0 saturated heterocycles. The van der Waals surface area contributed by atoms with E-state index in [4.69, 9.17) is 4.74 Å². The molecule has 3 unspecified atom stereocenters. The first kappa shape index (κ1) is 60.1. The Balaban J connectivity index is 4.51. The van der Waals surface area contributed by atoms with Gasteiger partial charge in [0.25, 0.3) is 0 Å². The molecule has 0 aliphatic rings. The lowest BCUT2D eigenvalue weighted by Crippen LogP contribution is -2.46. The van der Waals surface area contributed by atoms with Gasteiger partial charge in [-0.2, -0.15) is 0 Å². The Bertz CT molecular complexity index is 1020. The van der Waals surface area contributed by atoms with Crippen molar-refractivity contribution in [1.82, 2.24) is 5.32 Å². The number of aliphatic hydroxyl groups is 2. The Hall–Kier alpha value is -1.92. The fourth-order valence-electron chi connectivity index (χ4n) is 8.39. The first-order chi connectivity index (χ1) is 30.5. The summed E-state index contributed by atoms with van der Waals surface area (Å²) in [5.74, 6) is -0.500. The quantitative estimate of drug-likeness (QED) is 0.0321. The van der Waals surface area contributed by atoms with Crippen LogP contribution in [0.4, 0.5) is 0 Å². The zero-order valence-electron chi connectivity index (χ0n) is 41.5. The van der Waals surface area contributed by atoms with E-state index in [1.807, 2.05) is 0 Å². The van der Waals surface area contributed by atoms with E-state index in [-0.39, 0.29) is 24.9 Å². The summed E-state index contributed by atoms with van der Waals surface area (Å²) in [6.07, 6.45) is 59.3. The summed E-state index contributed by atoms with van der Waals surface area (Å²) in [5.41, 5.74) is 0. The van der Waals surface area contributed by atoms with Crippen molar-refractivity contribution < 1.29 is 24.5 Å². The number of rotatable bonds is 49. The highest BCUT2D eigenvalue weighted by Crippen LogP contribution is 2.18. The van der Waals surface area contributed by atoms with Gasteiger partial charge in [-0.25, -0.2) is 0 Å². The summed E-state index contributed by atoms with van der Waals surface area (Å²) in [6, 6.07) is -0.711. The summed E-state index contributed by atoms with van der Waals surface area (Å²) in [4.78, 5) is 26.2. The molecule has 0 aliphatic carbocycles. The Kier molecular flexibility index (Phi) is 48.5. The Morgan fingerprint density at radius 3 is 1.31 bits per heavy atom. The third kappa shape index (κ3) is 44.7. The highest BCUT2D eigenvalue weighted by Gasteiger charge is 2.24. The van der Waals surface area contributed by atoms with E-state index < -0.39 is 18.2 Å². The van der Waals surface area contributed by atoms with E-state index in [0.29, 0.717) is 19.3 Å². The predicted octanol–water partition coefficient (Wildman–Crippen LogP) is 16.5. The molecule has 1 amide bonds. The van der Waals surface area contributed by atoms with Crippen molar-refractivity contribution in [3.8, 4) is 0 Å². The minimum atomic E-state index is -0.795. The van der Waals surface area contributed by atoms with Crippen LogP contribution in [-0.2, 0) is 14.3 Å². The van der Waals surface area contributed by atoms with Gasteiger partial charge in [0.1, 0.15) is 6.10 Å². The van der Waals surface area contributed by atoms with Crippen LogP contribution in [0.5, 0.6) is 0 Å². The van der Waals surface area contributed by atoms with Crippen LogP contribution in [0.3, 0.4) is 0 Å². The fourth-order valence-corrected chi connectivity index (χ4v) is 8.39. The molecule has 3 N–H and O–H groups in total. The second-order valence-corrected chi connectivity index (χ2v) is 18.6. The topological polar surface area (TPSA) is 95.9 Å². The number of carbonyl (C=O) groups is 2. The Labute approximate surface area is 385 Å². The van der Waals surface area contributed by atoms with Crippen molar-refractivity contribution in [1.29, 1.82) is 0 Å². The summed E-state index contributed by atoms with van der Waals surface area (Å²) in [6.45, 7) is 6.38. The molecule has 6 nitrogen and oxygen atoms in total. The Morgan fingerprint density at radius 2 is 0.871 bits per heavy atom. The van der Waals surface area contributed by atoms with Gasteiger partial charge in [0.2, 0.25) is 5.91 Å². The molecule has 0 spiro atoms. The van der Waals surface area contributed by atoms with Crippen molar-refractivity contribution in [3.63, 3.8) is 0 Å². The number of aliphatic hydroxyl groups excluding tert-OH is 2. The van der Waals surface area contributed by atoms with Gasteiger partial charge in [0.05, 0.1) is 25.2 Å². The Morgan fingerprint density at radius 1 is 0.484 bits per heavy atom. The van der Waals surface area contributed by atoms with Crippen molar-refractivity contribution in [2.45, 2.75) is 302 Å². The van der Waals surface area contributed by atoms with Crippen molar-refractivity contribution in [3.05, 3.63) is 36.5 Å². The van der Waals surface area contributed by atoms with Gasteiger partial charge < -0.3 is 20.3 Å². The van der Waals surface area contributed by atoms with E-state index in [1.54, 1.807) is 0 Å². The summed E-state index contributed by atoms with van der Waals surface area (Å²) in [7, 11) is 0. The first-order valence-electron chi connectivity index (χ1n) is 27.2. The molecule has 0 radical (unpaired) electrons. The summed E-state index contributed by atoms with van der Waals surface area (Å²) < 4.78 is 5.92. The van der Waals surface area contributed by atoms with Crippen LogP contribution >= 0.6 is 0 Å². The number of nitrogens with one attached hydrogen (secondary N) is 1. The molecular weight excluding hydrogens is 767 g/mol. The summed E-state index contributed by atoms with van der Waals surface area (Å²) in [5, 5.41) is 23.8. The van der Waals surface area contributed by atoms with Crippen LogP contribution in [0.1, 0.15) is 284 Å². The minimum Gasteiger partial charge on any atom is -0.462 e. The maximum absolute atomic E-state index is 13.2. The molecule has 364 valence electrons. The zero-order chi connectivity index (χ0) is 45.2. The fraction of sp³-hybridized carbons (Fsp3) is 0.857. The number of carbonyl (C=O) groups excluding carboxylic acids is 2. The average Bonchev–Trinajstić information content (AvgIpc) is 3.26. The first-order valence-corrected chi connectivity index (χ1v) is 27.2. The SMILES string of the molecule is CC/C=C/C/C=C/C/C=C/CCCCC(CC(=O)NC(CO)C(O)CCCCCCCCCCCCCCCCCC)OC(=O)CCCCCCCCCCCCCCCCC. The highest BCUT2D eigenvalue weighted by atomic mass is 16.5. The number of amides is 1. The van der Waals surface area contributed by atoms with Gasteiger partial charge >= 0.3 is 5.97 Å². The zero-order valence-corrected chi connectivity index (χ0v) is 41.5. The molecule has 6 heteroatoms. The molecule has 0 aromatic carbocycles. The van der Waals surface area contributed by atoms with E-state index in [0.717, 1.165) is 77.0 Å². The molecule has 0 fully saturated rings. The maximum Gasteiger partial charge on any atom is 0.306 e. The van der Waals surface area contributed by atoms with Gasteiger partial charge in [-0.15, -0.1) is 0 Å². The average molecular weight is 872 g/mol. The van der Waals surface area contributed by atoms with Crippen LogP contribution < -0.4 is 5.32 Å². The van der Waals surface area contributed by atoms with Crippen molar-refractivity contribution in [2.75, 3.05) is 6.61 Å². The molecule has 0 heterocycles. The third-order valence-electron chi connectivity index (χ3n) is 12.5. The molecule has 0 aromatic heterocycles. The van der Waals surface area contributed by atoms with Gasteiger partial charge in [0.15, 0.2) is 0 Å². The van der Waals surface area contributed by atoms with Gasteiger partial charge in [-0.05, 0) is 57.8 Å². The van der Waals surface area contributed by atoms with Crippen LogP contribution in [0.2, 0.25) is 0 Å². The third-order valence-corrected chi connectivity index (χ3v) is 12.5. The number of hydrogen-bond donors (Lipinski definition) is 3. The van der Waals surface area contributed by atoms with Crippen LogP contribution in [0.25, 0.3) is 0 Å². The normalized spacial score (nSPS) is 13.4. The van der Waals surface area contributed by atoms with Crippen LogP contribution in [0.15, 0.2) is 36.5 Å². The maximum atomic E-state index is 13.2. The molecule has 0 rings (SSSR count). The van der Waals surface area contributed by atoms with E-state index in [9.17, 15) is 19.8 Å². The van der Waals surface area contributed by atoms with E-state index >= 15 is 0 Å². The molecule has 0 aliphatic heterocycles. The molecule has 0 aromatic rings. The molecule has 62 heavy (non-hydrogen) atoms. The smallest absolute Gasteiger partial charge is 0.306 e. The number of unbranched alkanes of at least 4 members (excludes halogenated alkanes) is 31. The number of ether oxygens (including phenoxy) is 1. The second kappa shape index (κ2) is 50.1. The standard InChI is InChI=1S/C56H105NO5/c1-4-7-10-13-16-19-22-25-27-29-30-33-36-39-42-45-48-54(59)53(51-58)57-55(60)50-52(47-44-41-38-35-32-24-21-18-15-12-9-6-3)62-56(61)49-46-43-40-37-34-31-28-26-23-20-17-14-11-8-5-2/h9,12,18,21,32,35,52-54,58-59H,4-8,10-11,13-17,19-20,22-31,33-34,36-51H2,1-3H3,(H,57,60)/b12-9+,21-18+,35-32+. The van der Waals surface area contributed by atoms with Crippen molar-refractivity contribution >= 4 is 11.9 Å². The lowest BCUT2D eigenvalue weighted by Gasteiger charge is -2.24. The van der Waals surface area contributed by atoms with Crippen molar-refractivity contribution in [2.24, 2.45) is 0 Å². The number of allylic oxidation sites excluding steroid dienone is 6. The predicted molar refractivity (Wildman–Crippen MR) is 269 cm³/mol. The van der Waals surface area contributed by atoms with Gasteiger partial charge in [-0.3, -0.25) is 9.59 Å². The van der Waals surface area contributed by atoms with Gasteiger partial charge in [-0.1, -0.05) is 250 Å². The van der Waals surface area contributed by atoms with Crippen LogP contribution in [-0.4, -0.2) is 46.9 Å². The number of hydrogen-bond acceptors (Lipinski definition) is 5. The van der Waals surface area contributed by atoms with E-state index in [2.05, 4.69) is 62.5 Å². The monoisotopic (exact) mass is 872 g/mol. The minimum absolute atomic E-state index is 0.0555. The molecular formula is C56H105NO5. The second-order valence-electron chi connectivity index (χ2n) is 18.6. The van der Waals surface area contributed by atoms with Crippen LogP contribution in [0, 0.1) is 0 Å². The molecule has 3 atom stereocenters. The largest absolute Gasteiger partial charge is 0.462 e. The molecule has 0 saturated carbocycles.